The number of nitrogens with zero attached hydrogens (tertiary/aromatic N) is 3. The normalized spacial score (nSPS) is 17.1. The van der Waals surface area contributed by atoms with Gasteiger partial charge in [0.05, 0.1) is 11.6 Å². The number of urea groups is 1. The van der Waals surface area contributed by atoms with Crippen LogP contribution in [-0.2, 0) is 6.54 Å². The van der Waals surface area contributed by atoms with E-state index in [-0.39, 0.29) is 23.6 Å². The second-order valence-electron chi connectivity index (χ2n) is 5.59. The molecule has 1 aromatic carbocycles. The minimum atomic E-state index is -0.440. The first-order valence-corrected chi connectivity index (χ1v) is 7.92. The summed E-state index contributed by atoms with van der Waals surface area (Å²) in [4.78, 5) is 18.0. The van der Waals surface area contributed by atoms with Gasteiger partial charge in [-0.2, -0.15) is 4.98 Å². The molecular formula is C15H17ClFN5O2. The smallest absolute Gasteiger partial charge is 0.315 e. The van der Waals surface area contributed by atoms with Crippen LogP contribution in [0, 0.1) is 12.7 Å². The number of hydrogen-bond donors (Lipinski definition) is 2. The molecule has 24 heavy (non-hydrogen) atoms. The fourth-order valence-electron chi connectivity index (χ4n) is 2.60. The fraction of sp³-hybridized carbons (Fsp3) is 0.400. The molecule has 9 heteroatoms. The summed E-state index contributed by atoms with van der Waals surface area (Å²) in [7, 11) is 0. The maximum Gasteiger partial charge on any atom is 0.315 e. The molecule has 1 saturated heterocycles. The van der Waals surface area contributed by atoms with Crippen molar-refractivity contribution < 1.29 is 13.7 Å². The molecule has 1 atom stereocenters. The van der Waals surface area contributed by atoms with Crippen molar-refractivity contribution in [1.82, 2.24) is 20.8 Å². The van der Waals surface area contributed by atoms with E-state index in [4.69, 9.17) is 16.1 Å². The van der Waals surface area contributed by atoms with E-state index in [1.165, 1.54) is 6.07 Å². The van der Waals surface area contributed by atoms with E-state index in [1.807, 2.05) is 0 Å². The third-order valence-corrected chi connectivity index (χ3v) is 4.05. The molecule has 0 spiro atoms. The fourth-order valence-corrected chi connectivity index (χ4v) is 2.77. The second kappa shape index (κ2) is 7.04. The summed E-state index contributed by atoms with van der Waals surface area (Å²) in [5, 5.41) is 9.31. The lowest BCUT2D eigenvalue weighted by molar-refractivity contribution is 0.235. The van der Waals surface area contributed by atoms with Crippen LogP contribution >= 0.6 is 11.6 Å². The average molecular weight is 354 g/mol. The number of rotatable bonds is 4. The van der Waals surface area contributed by atoms with Gasteiger partial charge in [-0.1, -0.05) is 16.8 Å². The van der Waals surface area contributed by atoms with Crippen LogP contribution in [0.5, 0.6) is 0 Å². The van der Waals surface area contributed by atoms with Gasteiger partial charge in [-0.15, -0.1) is 0 Å². The lowest BCUT2D eigenvalue weighted by Crippen LogP contribution is -2.43. The number of anilines is 1. The maximum absolute atomic E-state index is 13.2. The van der Waals surface area contributed by atoms with Crippen molar-refractivity contribution in [3.05, 3.63) is 40.8 Å². The molecule has 1 unspecified atom stereocenters. The summed E-state index contributed by atoms with van der Waals surface area (Å²) in [6.07, 6.45) is 0.794. The lowest BCUT2D eigenvalue weighted by atomic mass is 10.2. The first-order chi connectivity index (χ1) is 11.5. The molecule has 0 radical (unpaired) electrons. The summed E-state index contributed by atoms with van der Waals surface area (Å²) >= 11 is 5.81. The Morgan fingerprint density at radius 1 is 1.54 bits per heavy atom. The molecule has 1 aromatic heterocycles. The van der Waals surface area contributed by atoms with Crippen molar-refractivity contribution in [2.24, 2.45) is 0 Å². The molecule has 3 rings (SSSR count). The Morgan fingerprint density at radius 3 is 3.08 bits per heavy atom. The quantitative estimate of drug-likeness (QED) is 0.880. The molecule has 0 bridgehead atoms. The zero-order chi connectivity index (χ0) is 17.1. The molecule has 2 heterocycles. The molecule has 2 amide bonds. The van der Waals surface area contributed by atoms with Gasteiger partial charge < -0.3 is 20.1 Å². The van der Waals surface area contributed by atoms with Crippen LogP contribution in [0.15, 0.2) is 22.7 Å². The Hall–Kier alpha value is -2.35. The first-order valence-electron chi connectivity index (χ1n) is 7.55. The highest BCUT2D eigenvalue weighted by Crippen LogP contribution is 2.25. The van der Waals surface area contributed by atoms with Crippen LogP contribution in [0.3, 0.4) is 0 Å². The van der Waals surface area contributed by atoms with Crippen LogP contribution < -0.4 is 15.5 Å². The molecule has 2 N–H and O–H groups in total. The van der Waals surface area contributed by atoms with Gasteiger partial charge in [0, 0.05) is 24.8 Å². The van der Waals surface area contributed by atoms with E-state index in [2.05, 4.69) is 25.7 Å². The average Bonchev–Trinajstić information content (AvgIpc) is 3.17. The number of aryl methyl sites for hydroxylation is 1. The summed E-state index contributed by atoms with van der Waals surface area (Å²) in [6, 6.07) is 4.32. The molecule has 128 valence electrons. The van der Waals surface area contributed by atoms with E-state index < -0.39 is 5.82 Å². The van der Waals surface area contributed by atoms with Gasteiger partial charge in [-0.25, -0.2) is 9.18 Å². The molecule has 1 fully saturated rings. The van der Waals surface area contributed by atoms with Gasteiger partial charge in [0.25, 0.3) is 0 Å². The summed E-state index contributed by atoms with van der Waals surface area (Å²) < 4.78 is 18.2. The highest BCUT2D eigenvalue weighted by molar-refractivity contribution is 6.31. The highest BCUT2D eigenvalue weighted by atomic mass is 35.5. The number of hydrogen-bond acceptors (Lipinski definition) is 5. The third-order valence-electron chi connectivity index (χ3n) is 3.76. The van der Waals surface area contributed by atoms with E-state index in [0.29, 0.717) is 18.3 Å². The van der Waals surface area contributed by atoms with E-state index in [9.17, 15) is 9.18 Å². The van der Waals surface area contributed by atoms with Crippen LogP contribution in [-0.4, -0.2) is 35.3 Å². The number of carbonyl (C=O) groups excluding carboxylic acids is 1. The second-order valence-corrected chi connectivity index (χ2v) is 6.00. The van der Waals surface area contributed by atoms with Gasteiger partial charge in [-0.3, -0.25) is 0 Å². The summed E-state index contributed by atoms with van der Waals surface area (Å²) in [5.74, 6) is 0.443. The predicted octanol–water partition coefficient (Wildman–Crippen LogP) is 2.25. The Bertz CT molecular complexity index is 738. The zero-order valence-electron chi connectivity index (χ0n) is 13.1. The van der Waals surface area contributed by atoms with Gasteiger partial charge in [0.15, 0.2) is 5.82 Å². The van der Waals surface area contributed by atoms with Crippen molar-refractivity contribution in [3.8, 4) is 0 Å². The van der Waals surface area contributed by atoms with Crippen molar-refractivity contribution in [1.29, 1.82) is 0 Å². The Balaban J connectivity index is 1.48. The van der Waals surface area contributed by atoms with Gasteiger partial charge in [0.2, 0.25) is 5.89 Å². The van der Waals surface area contributed by atoms with E-state index in [1.54, 1.807) is 19.1 Å². The number of carbonyl (C=O) groups is 1. The van der Waals surface area contributed by atoms with Gasteiger partial charge >= 0.3 is 6.03 Å². The third kappa shape index (κ3) is 3.94. The Kier molecular flexibility index (Phi) is 4.84. The van der Waals surface area contributed by atoms with Crippen LogP contribution in [0.1, 0.15) is 18.1 Å². The van der Waals surface area contributed by atoms with Crippen molar-refractivity contribution in [2.45, 2.75) is 25.9 Å². The van der Waals surface area contributed by atoms with Crippen LogP contribution in [0.25, 0.3) is 0 Å². The number of aromatic nitrogens is 2. The number of amides is 2. The number of benzene rings is 1. The van der Waals surface area contributed by atoms with Gasteiger partial charge in [-0.05, 0) is 31.5 Å². The Morgan fingerprint density at radius 2 is 2.38 bits per heavy atom. The van der Waals surface area contributed by atoms with Crippen LogP contribution in [0.4, 0.5) is 14.9 Å². The maximum atomic E-state index is 13.2. The van der Waals surface area contributed by atoms with E-state index in [0.717, 1.165) is 18.7 Å². The molecule has 2 aromatic rings. The van der Waals surface area contributed by atoms with Crippen molar-refractivity contribution >= 4 is 23.3 Å². The largest absolute Gasteiger partial charge is 0.369 e. The lowest BCUT2D eigenvalue weighted by Gasteiger charge is -2.19. The highest BCUT2D eigenvalue weighted by Gasteiger charge is 2.24. The molecular weight excluding hydrogens is 337 g/mol. The van der Waals surface area contributed by atoms with E-state index >= 15 is 0 Å². The predicted molar refractivity (Wildman–Crippen MR) is 86.4 cm³/mol. The Labute approximate surface area is 143 Å². The summed E-state index contributed by atoms with van der Waals surface area (Å²) in [5.41, 5.74) is 0.840. The molecule has 7 nitrogen and oxygen atoms in total. The monoisotopic (exact) mass is 353 g/mol. The number of halogens is 2. The zero-order valence-corrected chi connectivity index (χ0v) is 13.8. The molecule has 0 saturated carbocycles. The first kappa shape index (κ1) is 16.5. The SMILES string of the molecule is Cc1noc(CNC(=O)NC2CCN(c3ccc(F)c(Cl)c3)C2)n1. The van der Waals surface area contributed by atoms with Crippen LogP contribution in [0.2, 0.25) is 5.02 Å². The van der Waals surface area contributed by atoms with Gasteiger partial charge in [0.1, 0.15) is 5.82 Å². The molecule has 1 aliphatic heterocycles. The van der Waals surface area contributed by atoms with Crippen molar-refractivity contribution in [3.63, 3.8) is 0 Å². The molecule has 0 aliphatic carbocycles. The number of nitrogens with one attached hydrogen (secondary N) is 2. The minimum Gasteiger partial charge on any atom is -0.369 e. The standard InChI is InChI=1S/C15H17ClFN5O2/c1-9-19-14(24-21-9)7-18-15(23)20-10-4-5-22(8-10)11-2-3-13(17)12(16)6-11/h2-3,6,10H,4-5,7-8H2,1H3,(H2,18,20,23). The topological polar surface area (TPSA) is 83.3 Å². The molecule has 1 aliphatic rings. The van der Waals surface area contributed by atoms with Crippen molar-refractivity contribution in [2.75, 3.05) is 18.0 Å². The minimum absolute atomic E-state index is 0.00162. The summed E-state index contributed by atoms with van der Waals surface area (Å²) in [6.45, 7) is 3.28.